The van der Waals surface area contributed by atoms with E-state index in [-0.39, 0.29) is 18.2 Å². The number of aliphatic hydroxyl groups is 1. The van der Waals surface area contributed by atoms with Gasteiger partial charge in [0.1, 0.15) is 5.82 Å². The minimum Gasteiger partial charge on any atom is -0.478 e. The summed E-state index contributed by atoms with van der Waals surface area (Å²) in [5.74, 6) is -1.48. The van der Waals surface area contributed by atoms with Crippen LogP contribution in [0.5, 0.6) is 0 Å². The average Bonchev–Trinajstić information content (AvgIpc) is 2.28. The van der Waals surface area contributed by atoms with E-state index in [9.17, 15) is 9.18 Å². The predicted octanol–water partition coefficient (Wildman–Crippen LogP) is 1.83. The third-order valence-corrected chi connectivity index (χ3v) is 3.57. The standard InChI is InChI=1S/C11H14FNO3S/c1-6(4-14)5-17-10-3-8(12)7(11(15)16)2-9(10)13/h2-3,6,14H,4-5,13H2,1H3,(H,15,16). The molecule has 0 radical (unpaired) electrons. The van der Waals surface area contributed by atoms with Gasteiger partial charge in [0.15, 0.2) is 0 Å². The lowest BCUT2D eigenvalue weighted by Gasteiger charge is -2.10. The van der Waals surface area contributed by atoms with Gasteiger partial charge in [-0.05, 0) is 18.1 Å². The fraction of sp³-hybridized carbons (Fsp3) is 0.364. The quantitative estimate of drug-likeness (QED) is 0.555. The van der Waals surface area contributed by atoms with Gasteiger partial charge in [-0.1, -0.05) is 6.92 Å². The van der Waals surface area contributed by atoms with Gasteiger partial charge in [0.25, 0.3) is 0 Å². The van der Waals surface area contributed by atoms with Crippen LogP contribution in [0, 0.1) is 11.7 Å². The highest BCUT2D eigenvalue weighted by Crippen LogP contribution is 2.29. The Labute approximate surface area is 103 Å². The zero-order valence-corrected chi connectivity index (χ0v) is 10.1. The first-order valence-corrected chi connectivity index (χ1v) is 6.00. The molecule has 0 saturated carbocycles. The largest absolute Gasteiger partial charge is 0.478 e. The number of rotatable bonds is 5. The summed E-state index contributed by atoms with van der Waals surface area (Å²) in [6, 6.07) is 2.23. The molecule has 1 aromatic rings. The van der Waals surface area contributed by atoms with Crippen molar-refractivity contribution in [3.05, 3.63) is 23.5 Å². The van der Waals surface area contributed by atoms with E-state index >= 15 is 0 Å². The highest BCUT2D eigenvalue weighted by atomic mass is 32.2. The maximum atomic E-state index is 13.4. The molecule has 1 unspecified atom stereocenters. The number of aromatic carboxylic acids is 1. The molecule has 0 saturated heterocycles. The van der Waals surface area contributed by atoms with Crippen LogP contribution in [0.4, 0.5) is 10.1 Å². The number of aliphatic hydroxyl groups excluding tert-OH is 1. The number of halogens is 1. The molecule has 0 aliphatic carbocycles. The van der Waals surface area contributed by atoms with Gasteiger partial charge in [-0.3, -0.25) is 0 Å². The Morgan fingerprint density at radius 2 is 2.24 bits per heavy atom. The minimum absolute atomic E-state index is 0.0442. The molecule has 94 valence electrons. The predicted molar refractivity (Wildman–Crippen MR) is 64.7 cm³/mol. The molecule has 0 heterocycles. The van der Waals surface area contributed by atoms with Crippen LogP contribution in [0.3, 0.4) is 0 Å². The highest BCUT2D eigenvalue weighted by molar-refractivity contribution is 7.99. The molecular formula is C11H14FNO3S. The van der Waals surface area contributed by atoms with E-state index in [2.05, 4.69) is 0 Å². The maximum Gasteiger partial charge on any atom is 0.338 e. The number of benzene rings is 1. The zero-order chi connectivity index (χ0) is 13.0. The van der Waals surface area contributed by atoms with Crippen molar-refractivity contribution in [2.24, 2.45) is 5.92 Å². The minimum atomic E-state index is -1.34. The maximum absolute atomic E-state index is 13.4. The van der Waals surface area contributed by atoms with E-state index < -0.39 is 17.3 Å². The van der Waals surface area contributed by atoms with Crippen LogP contribution in [0.15, 0.2) is 17.0 Å². The van der Waals surface area contributed by atoms with Crippen LogP contribution in [0.25, 0.3) is 0 Å². The van der Waals surface area contributed by atoms with Crippen LogP contribution >= 0.6 is 11.8 Å². The van der Waals surface area contributed by atoms with Crippen molar-refractivity contribution in [3.8, 4) is 0 Å². The van der Waals surface area contributed by atoms with Gasteiger partial charge in [0.2, 0.25) is 0 Å². The SMILES string of the molecule is CC(CO)CSc1cc(F)c(C(=O)O)cc1N. The van der Waals surface area contributed by atoms with E-state index in [0.717, 1.165) is 12.1 Å². The lowest BCUT2D eigenvalue weighted by Crippen LogP contribution is -2.06. The summed E-state index contributed by atoms with van der Waals surface area (Å²) in [6.45, 7) is 1.90. The van der Waals surface area contributed by atoms with Gasteiger partial charge in [0, 0.05) is 22.9 Å². The molecule has 4 nitrogen and oxygen atoms in total. The molecule has 1 aromatic carbocycles. The molecule has 1 rings (SSSR count). The number of carboxylic acid groups (broad SMARTS) is 1. The van der Waals surface area contributed by atoms with E-state index in [1.54, 1.807) is 0 Å². The van der Waals surface area contributed by atoms with Crippen molar-refractivity contribution in [3.63, 3.8) is 0 Å². The van der Waals surface area contributed by atoms with Gasteiger partial charge in [-0.25, -0.2) is 9.18 Å². The summed E-state index contributed by atoms with van der Waals surface area (Å²) >= 11 is 1.30. The summed E-state index contributed by atoms with van der Waals surface area (Å²) < 4.78 is 13.4. The number of thioether (sulfide) groups is 1. The van der Waals surface area contributed by atoms with Crippen LogP contribution in [0.2, 0.25) is 0 Å². The first-order valence-electron chi connectivity index (χ1n) is 5.01. The molecule has 0 fully saturated rings. The second-order valence-electron chi connectivity index (χ2n) is 3.77. The Morgan fingerprint density at radius 3 is 2.76 bits per heavy atom. The Balaban J connectivity index is 2.88. The van der Waals surface area contributed by atoms with Gasteiger partial charge in [-0.2, -0.15) is 0 Å². The van der Waals surface area contributed by atoms with Gasteiger partial charge in [-0.15, -0.1) is 11.8 Å². The van der Waals surface area contributed by atoms with Crippen molar-refractivity contribution < 1.29 is 19.4 Å². The Bertz CT molecular complexity index is 425. The van der Waals surface area contributed by atoms with Crippen LogP contribution in [-0.4, -0.2) is 28.5 Å². The first-order chi connectivity index (χ1) is 7.95. The number of hydrogen-bond acceptors (Lipinski definition) is 4. The van der Waals surface area contributed by atoms with Crippen molar-refractivity contribution in [2.75, 3.05) is 18.1 Å². The topological polar surface area (TPSA) is 83.5 Å². The lowest BCUT2D eigenvalue weighted by molar-refractivity contribution is 0.0692. The second kappa shape index (κ2) is 5.88. The first kappa shape index (κ1) is 13.8. The highest BCUT2D eigenvalue weighted by Gasteiger charge is 2.14. The molecule has 0 spiro atoms. The van der Waals surface area contributed by atoms with Crippen molar-refractivity contribution in [2.45, 2.75) is 11.8 Å². The third-order valence-electron chi connectivity index (χ3n) is 2.16. The van der Waals surface area contributed by atoms with Crippen LogP contribution in [0.1, 0.15) is 17.3 Å². The molecular weight excluding hydrogens is 245 g/mol. The van der Waals surface area contributed by atoms with Gasteiger partial charge < -0.3 is 15.9 Å². The van der Waals surface area contributed by atoms with E-state index in [1.165, 1.54) is 11.8 Å². The number of hydrogen-bond donors (Lipinski definition) is 3. The van der Waals surface area contributed by atoms with E-state index in [1.807, 2.05) is 6.92 Å². The Hall–Kier alpha value is -1.27. The lowest BCUT2D eigenvalue weighted by atomic mass is 10.2. The molecule has 0 aliphatic heterocycles. The Morgan fingerprint density at radius 1 is 1.59 bits per heavy atom. The number of carbonyl (C=O) groups is 1. The third kappa shape index (κ3) is 3.61. The van der Waals surface area contributed by atoms with E-state index in [4.69, 9.17) is 15.9 Å². The summed E-state index contributed by atoms with van der Waals surface area (Å²) in [5, 5.41) is 17.6. The molecule has 0 amide bonds. The summed E-state index contributed by atoms with van der Waals surface area (Å²) in [7, 11) is 0. The molecule has 0 bridgehead atoms. The van der Waals surface area contributed by atoms with Gasteiger partial charge in [0.05, 0.1) is 5.56 Å². The number of nitrogen functional groups attached to an aromatic ring is 1. The molecule has 6 heteroatoms. The molecule has 17 heavy (non-hydrogen) atoms. The Kier molecular flexibility index (Phi) is 4.77. The summed E-state index contributed by atoms with van der Waals surface area (Å²) in [4.78, 5) is 11.2. The second-order valence-corrected chi connectivity index (χ2v) is 4.84. The number of nitrogens with two attached hydrogens (primary N) is 1. The molecule has 4 N–H and O–H groups in total. The van der Waals surface area contributed by atoms with Crippen molar-refractivity contribution in [1.29, 1.82) is 0 Å². The number of anilines is 1. The average molecular weight is 259 g/mol. The van der Waals surface area contributed by atoms with E-state index in [0.29, 0.717) is 10.6 Å². The molecule has 1 atom stereocenters. The summed E-state index contributed by atoms with van der Waals surface area (Å²) in [5.41, 5.74) is 5.45. The van der Waals surface area contributed by atoms with Gasteiger partial charge >= 0.3 is 5.97 Å². The zero-order valence-electron chi connectivity index (χ0n) is 9.31. The van der Waals surface area contributed by atoms with Crippen molar-refractivity contribution >= 4 is 23.4 Å². The molecule has 0 aliphatic rings. The normalized spacial score (nSPS) is 12.4. The summed E-state index contributed by atoms with van der Waals surface area (Å²) in [6.07, 6.45) is 0. The van der Waals surface area contributed by atoms with Crippen molar-refractivity contribution in [1.82, 2.24) is 0 Å². The fourth-order valence-electron chi connectivity index (χ4n) is 1.15. The number of carboxylic acids is 1. The molecule has 0 aromatic heterocycles. The van der Waals surface area contributed by atoms with Crippen LogP contribution < -0.4 is 5.73 Å². The monoisotopic (exact) mass is 259 g/mol. The van der Waals surface area contributed by atoms with Crippen LogP contribution in [-0.2, 0) is 0 Å². The fourth-order valence-corrected chi connectivity index (χ4v) is 2.13. The smallest absolute Gasteiger partial charge is 0.338 e.